The highest BCUT2D eigenvalue weighted by atomic mass is 16.3. The van der Waals surface area contributed by atoms with Crippen molar-refractivity contribution in [3.05, 3.63) is 23.7 Å². The zero-order valence-corrected chi connectivity index (χ0v) is 8.69. The number of hydrogen-bond acceptors (Lipinski definition) is 3. The summed E-state index contributed by atoms with van der Waals surface area (Å²) in [5.74, 6) is 0.908. The molecule has 1 fully saturated rings. The molecule has 2 rings (SSSR count). The first-order valence-corrected chi connectivity index (χ1v) is 5.18. The monoisotopic (exact) mass is 209 g/mol. The SMILES string of the molecule is Cc1cc(C(=O)NCC(O)C2CC2)co1. The van der Waals surface area contributed by atoms with E-state index in [0.29, 0.717) is 23.8 Å². The van der Waals surface area contributed by atoms with Gasteiger partial charge < -0.3 is 14.8 Å². The molecule has 2 N–H and O–H groups in total. The quantitative estimate of drug-likeness (QED) is 0.780. The highest BCUT2D eigenvalue weighted by Crippen LogP contribution is 2.32. The number of furan rings is 1. The van der Waals surface area contributed by atoms with Gasteiger partial charge in [0.1, 0.15) is 12.0 Å². The fourth-order valence-electron chi connectivity index (χ4n) is 1.51. The third-order valence-electron chi connectivity index (χ3n) is 2.63. The predicted octanol–water partition coefficient (Wildman–Crippen LogP) is 1.09. The van der Waals surface area contributed by atoms with Crippen LogP contribution in [-0.2, 0) is 0 Å². The standard InChI is InChI=1S/C11H15NO3/c1-7-4-9(6-15-7)11(14)12-5-10(13)8-2-3-8/h4,6,8,10,13H,2-3,5H2,1H3,(H,12,14). The molecule has 1 aliphatic carbocycles. The number of aryl methyl sites for hydroxylation is 1. The molecule has 0 aliphatic heterocycles. The van der Waals surface area contributed by atoms with E-state index in [1.165, 1.54) is 6.26 Å². The number of carbonyl (C=O) groups is 1. The molecular weight excluding hydrogens is 194 g/mol. The summed E-state index contributed by atoms with van der Waals surface area (Å²) >= 11 is 0. The van der Waals surface area contributed by atoms with E-state index in [0.717, 1.165) is 12.8 Å². The maximum absolute atomic E-state index is 11.5. The van der Waals surface area contributed by atoms with Crippen LogP contribution in [0.25, 0.3) is 0 Å². The highest BCUT2D eigenvalue weighted by Gasteiger charge is 2.29. The maximum atomic E-state index is 11.5. The fourth-order valence-corrected chi connectivity index (χ4v) is 1.51. The first-order chi connectivity index (χ1) is 7.16. The molecule has 0 spiro atoms. The van der Waals surface area contributed by atoms with Gasteiger partial charge in [-0.2, -0.15) is 0 Å². The molecule has 1 saturated carbocycles. The Labute approximate surface area is 88.3 Å². The molecular formula is C11H15NO3. The average Bonchev–Trinajstić information content (AvgIpc) is 2.97. The Morgan fingerprint density at radius 2 is 2.47 bits per heavy atom. The number of carbonyl (C=O) groups excluding carboxylic acids is 1. The van der Waals surface area contributed by atoms with Crippen molar-refractivity contribution in [3.8, 4) is 0 Å². The Kier molecular flexibility index (Phi) is 2.77. The highest BCUT2D eigenvalue weighted by molar-refractivity contribution is 5.93. The molecule has 1 aliphatic rings. The summed E-state index contributed by atoms with van der Waals surface area (Å²) in [5, 5.41) is 12.2. The number of hydrogen-bond donors (Lipinski definition) is 2. The maximum Gasteiger partial charge on any atom is 0.254 e. The minimum absolute atomic E-state index is 0.188. The van der Waals surface area contributed by atoms with Crippen molar-refractivity contribution in [2.45, 2.75) is 25.9 Å². The zero-order chi connectivity index (χ0) is 10.8. The summed E-state index contributed by atoms with van der Waals surface area (Å²) in [6, 6.07) is 1.68. The molecule has 0 radical (unpaired) electrons. The molecule has 1 aromatic heterocycles. The third kappa shape index (κ3) is 2.59. The Hall–Kier alpha value is -1.29. The average molecular weight is 209 g/mol. The van der Waals surface area contributed by atoms with E-state index in [1.54, 1.807) is 13.0 Å². The number of nitrogens with one attached hydrogen (secondary N) is 1. The van der Waals surface area contributed by atoms with Crippen LogP contribution >= 0.6 is 0 Å². The second-order valence-electron chi connectivity index (χ2n) is 4.06. The van der Waals surface area contributed by atoms with Gasteiger partial charge in [0.2, 0.25) is 0 Å². The summed E-state index contributed by atoms with van der Waals surface area (Å²) in [6.45, 7) is 2.11. The molecule has 1 unspecified atom stereocenters. The van der Waals surface area contributed by atoms with Gasteiger partial charge in [-0.05, 0) is 31.7 Å². The molecule has 82 valence electrons. The second-order valence-corrected chi connectivity index (χ2v) is 4.06. The Morgan fingerprint density at radius 1 is 1.73 bits per heavy atom. The zero-order valence-electron chi connectivity index (χ0n) is 8.69. The van der Waals surface area contributed by atoms with Crippen LogP contribution in [0.3, 0.4) is 0 Å². The van der Waals surface area contributed by atoms with Crippen molar-refractivity contribution in [1.29, 1.82) is 0 Å². The van der Waals surface area contributed by atoms with E-state index < -0.39 is 6.10 Å². The topological polar surface area (TPSA) is 62.5 Å². The molecule has 1 atom stereocenters. The van der Waals surface area contributed by atoms with Gasteiger partial charge in [0.25, 0.3) is 5.91 Å². The summed E-state index contributed by atoms with van der Waals surface area (Å²) < 4.78 is 5.03. The molecule has 0 bridgehead atoms. The normalized spacial score (nSPS) is 17.5. The fraction of sp³-hybridized carbons (Fsp3) is 0.545. The van der Waals surface area contributed by atoms with Crippen LogP contribution < -0.4 is 5.32 Å². The van der Waals surface area contributed by atoms with Crippen LogP contribution in [-0.4, -0.2) is 23.7 Å². The van der Waals surface area contributed by atoms with Gasteiger partial charge >= 0.3 is 0 Å². The van der Waals surface area contributed by atoms with E-state index >= 15 is 0 Å². The predicted molar refractivity (Wildman–Crippen MR) is 54.5 cm³/mol. The van der Waals surface area contributed by atoms with Crippen molar-refractivity contribution in [3.63, 3.8) is 0 Å². The third-order valence-corrected chi connectivity index (χ3v) is 2.63. The summed E-state index contributed by atoms with van der Waals surface area (Å²) in [5.41, 5.74) is 0.510. The molecule has 4 nitrogen and oxygen atoms in total. The lowest BCUT2D eigenvalue weighted by Gasteiger charge is -2.09. The Bertz CT molecular complexity index is 354. The van der Waals surface area contributed by atoms with Gasteiger partial charge in [0.05, 0.1) is 11.7 Å². The van der Waals surface area contributed by atoms with Crippen molar-refractivity contribution >= 4 is 5.91 Å². The molecule has 1 amide bonds. The first-order valence-electron chi connectivity index (χ1n) is 5.18. The minimum atomic E-state index is -0.401. The largest absolute Gasteiger partial charge is 0.469 e. The number of aliphatic hydroxyl groups is 1. The van der Waals surface area contributed by atoms with Crippen LogP contribution in [0.4, 0.5) is 0 Å². The van der Waals surface area contributed by atoms with Crippen molar-refractivity contribution in [2.75, 3.05) is 6.54 Å². The second kappa shape index (κ2) is 4.06. The molecule has 0 aromatic carbocycles. The van der Waals surface area contributed by atoms with Crippen molar-refractivity contribution in [2.24, 2.45) is 5.92 Å². The van der Waals surface area contributed by atoms with E-state index in [-0.39, 0.29) is 5.91 Å². The van der Waals surface area contributed by atoms with Crippen LogP contribution in [0.2, 0.25) is 0 Å². The molecule has 4 heteroatoms. The number of amides is 1. The molecule has 1 aromatic rings. The van der Waals surface area contributed by atoms with Gasteiger partial charge in [0.15, 0.2) is 0 Å². The Morgan fingerprint density at radius 3 is 3.00 bits per heavy atom. The van der Waals surface area contributed by atoms with E-state index in [9.17, 15) is 9.90 Å². The number of aliphatic hydroxyl groups excluding tert-OH is 1. The van der Waals surface area contributed by atoms with Crippen LogP contribution in [0.15, 0.2) is 16.7 Å². The summed E-state index contributed by atoms with van der Waals surface area (Å²) in [7, 11) is 0. The van der Waals surface area contributed by atoms with Gasteiger partial charge in [0, 0.05) is 6.54 Å². The lowest BCUT2D eigenvalue weighted by Crippen LogP contribution is -2.32. The lowest BCUT2D eigenvalue weighted by molar-refractivity contribution is 0.0900. The molecule has 15 heavy (non-hydrogen) atoms. The van der Waals surface area contributed by atoms with Gasteiger partial charge in [-0.1, -0.05) is 0 Å². The molecule has 1 heterocycles. The van der Waals surface area contributed by atoms with Crippen molar-refractivity contribution < 1.29 is 14.3 Å². The van der Waals surface area contributed by atoms with Crippen LogP contribution in [0.1, 0.15) is 29.0 Å². The first kappa shape index (κ1) is 10.2. The smallest absolute Gasteiger partial charge is 0.254 e. The van der Waals surface area contributed by atoms with Crippen molar-refractivity contribution in [1.82, 2.24) is 5.32 Å². The van der Waals surface area contributed by atoms with Gasteiger partial charge in [-0.3, -0.25) is 4.79 Å². The van der Waals surface area contributed by atoms with Crippen LogP contribution in [0.5, 0.6) is 0 Å². The minimum Gasteiger partial charge on any atom is -0.469 e. The summed E-state index contributed by atoms with van der Waals surface area (Å²) in [6.07, 6.45) is 3.17. The van der Waals surface area contributed by atoms with E-state index in [1.807, 2.05) is 0 Å². The summed E-state index contributed by atoms with van der Waals surface area (Å²) in [4.78, 5) is 11.5. The van der Waals surface area contributed by atoms with Gasteiger partial charge in [-0.25, -0.2) is 0 Å². The Balaban J connectivity index is 1.81. The number of rotatable bonds is 4. The van der Waals surface area contributed by atoms with E-state index in [4.69, 9.17) is 4.42 Å². The van der Waals surface area contributed by atoms with E-state index in [2.05, 4.69) is 5.32 Å². The van der Waals surface area contributed by atoms with Crippen LogP contribution in [0, 0.1) is 12.8 Å². The van der Waals surface area contributed by atoms with Gasteiger partial charge in [-0.15, -0.1) is 0 Å². The lowest BCUT2D eigenvalue weighted by atomic mass is 10.2. The molecule has 0 saturated heterocycles.